The number of hydrogen-bond acceptors (Lipinski definition) is 3. The van der Waals surface area contributed by atoms with Crippen LogP contribution in [0, 0.1) is 0 Å². The summed E-state index contributed by atoms with van der Waals surface area (Å²) in [5, 5.41) is 2.79. The molecule has 0 heterocycles. The summed E-state index contributed by atoms with van der Waals surface area (Å²) < 4.78 is 22.9. The first-order valence-electron chi connectivity index (χ1n) is 6.47. The molecule has 0 atom stereocenters. The zero-order valence-corrected chi connectivity index (χ0v) is 13.3. The van der Waals surface area contributed by atoms with Crippen molar-refractivity contribution in [3.8, 4) is 0 Å². The van der Waals surface area contributed by atoms with Gasteiger partial charge in [0.1, 0.15) is 9.84 Å². The molecule has 0 aliphatic heterocycles. The van der Waals surface area contributed by atoms with Crippen molar-refractivity contribution in [1.29, 1.82) is 0 Å². The van der Waals surface area contributed by atoms with Gasteiger partial charge in [-0.1, -0.05) is 6.58 Å². The molecule has 1 N–H and O–H groups in total. The number of rotatable bonds is 9. The van der Waals surface area contributed by atoms with Gasteiger partial charge in [-0.15, -0.1) is 0 Å². The number of quaternary nitrogens is 1. The number of carbonyl (C=O) groups is 1. The topological polar surface area (TPSA) is 63.2 Å². The van der Waals surface area contributed by atoms with Crippen LogP contribution >= 0.6 is 0 Å². The normalized spacial score (nSPS) is 12.2. The average Bonchev–Trinajstić information content (AvgIpc) is 2.21. The van der Waals surface area contributed by atoms with E-state index in [2.05, 4.69) is 26.0 Å². The minimum Gasteiger partial charge on any atom is -0.352 e. The summed E-state index contributed by atoms with van der Waals surface area (Å²) in [6.07, 6.45) is 2.80. The molecule has 0 aliphatic rings. The van der Waals surface area contributed by atoms with Crippen molar-refractivity contribution in [2.45, 2.75) is 19.8 Å². The van der Waals surface area contributed by atoms with Gasteiger partial charge in [-0.05, 0) is 6.92 Å². The van der Waals surface area contributed by atoms with E-state index in [1.54, 1.807) is 6.92 Å². The van der Waals surface area contributed by atoms with Gasteiger partial charge in [0.15, 0.2) is 0 Å². The fourth-order valence-electron chi connectivity index (χ4n) is 1.73. The van der Waals surface area contributed by atoms with E-state index in [-0.39, 0.29) is 11.7 Å². The number of hydrogen-bond donors (Lipinski definition) is 1. The summed E-state index contributed by atoms with van der Waals surface area (Å²) in [5.74, 6) is 0.128. The van der Waals surface area contributed by atoms with Crippen LogP contribution in [0.1, 0.15) is 19.8 Å². The van der Waals surface area contributed by atoms with Gasteiger partial charge in [0.25, 0.3) is 0 Å². The van der Waals surface area contributed by atoms with Gasteiger partial charge in [-0.25, -0.2) is 8.42 Å². The maximum atomic E-state index is 11.3. The Kier molecular flexibility index (Phi) is 7.29. The average molecular weight is 291 g/mol. The van der Waals surface area contributed by atoms with E-state index in [4.69, 9.17) is 0 Å². The molecular formula is C13H27N2O3S+. The molecule has 0 radical (unpaired) electrons. The van der Waals surface area contributed by atoms with Crippen LogP contribution in [0.4, 0.5) is 0 Å². The van der Waals surface area contributed by atoms with Gasteiger partial charge in [0.2, 0.25) is 5.91 Å². The van der Waals surface area contributed by atoms with Crippen LogP contribution in [-0.4, -0.2) is 64.5 Å². The van der Waals surface area contributed by atoms with Gasteiger partial charge in [-0.2, -0.15) is 0 Å². The zero-order valence-electron chi connectivity index (χ0n) is 12.5. The summed E-state index contributed by atoms with van der Waals surface area (Å²) in [5.41, 5.74) is 0.516. The SMILES string of the molecule is C=C(C)C(=O)NCCC[N+](C)(C)CCCS(C)(=O)=O. The molecule has 0 aromatic heterocycles. The predicted molar refractivity (Wildman–Crippen MR) is 78.6 cm³/mol. The molecule has 0 spiro atoms. The molecular weight excluding hydrogens is 264 g/mol. The van der Waals surface area contributed by atoms with Gasteiger partial charge in [-0.3, -0.25) is 4.79 Å². The standard InChI is InChI=1S/C13H26N2O3S/c1-12(2)13(16)14-8-6-9-15(3,4)10-7-11-19(5,17)18/h1,6-11H2,2-5H3/p+1. The highest BCUT2D eigenvalue weighted by molar-refractivity contribution is 7.90. The molecule has 0 rings (SSSR count). The first-order valence-corrected chi connectivity index (χ1v) is 8.53. The van der Waals surface area contributed by atoms with Crippen molar-refractivity contribution in [2.24, 2.45) is 0 Å². The van der Waals surface area contributed by atoms with E-state index in [1.807, 2.05) is 0 Å². The molecule has 19 heavy (non-hydrogen) atoms. The van der Waals surface area contributed by atoms with E-state index >= 15 is 0 Å². The lowest BCUT2D eigenvalue weighted by molar-refractivity contribution is -0.890. The third-order valence-electron chi connectivity index (χ3n) is 2.89. The van der Waals surface area contributed by atoms with E-state index in [0.29, 0.717) is 18.5 Å². The quantitative estimate of drug-likeness (QED) is 0.384. The van der Waals surface area contributed by atoms with Crippen LogP contribution < -0.4 is 5.32 Å². The Bertz CT molecular complexity index is 414. The number of amides is 1. The Balaban J connectivity index is 3.85. The molecule has 0 aromatic carbocycles. The Morgan fingerprint density at radius 1 is 1.21 bits per heavy atom. The van der Waals surface area contributed by atoms with Gasteiger partial charge in [0, 0.05) is 31.2 Å². The van der Waals surface area contributed by atoms with Gasteiger partial charge >= 0.3 is 0 Å². The summed E-state index contributed by atoms with van der Waals surface area (Å²) in [4.78, 5) is 11.3. The van der Waals surface area contributed by atoms with Crippen LogP contribution in [0.15, 0.2) is 12.2 Å². The zero-order chi connectivity index (χ0) is 15.1. The maximum Gasteiger partial charge on any atom is 0.246 e. The van der Waals surface area contributed by atoms with Crippen LogP contribution in [0.5, 0.6) is 0 Å². The molecule has 0 saturated carbocycles. The third-order valence-corrected chi connectivity index (χ3v) is 3.92. The van der Waals surface area contributed by atoms with Crippen LogP contribution in [-0.2, 0) is 14.6 Å². The Labute approximate surface area is 117 Å². The summed E-state index contributed by atoms with van der Waals surface area (Å²) in [6.45, 7) is 7.60. The third kappa shape index (κ3) is 10.7. The second-order valence-electron chi connectivity index (χ2n) is 5.76. The van der Waals surface area contributed by atoms with E-state index in [9.17, 15) is 13.2 Å². The van der Waals surface area contributed by atoms with E-state index in [1.165, 1.54) is 6.26 Å². The number of nitrogens with one attached hydrogen (secondary N) is 1. The summed E-state index contributed by atoms with van der Waals surface area (Å²) >= 11 is 0. The van der Waals surface area contributed by atoms with Gasteiger partial charge in [0.05, 0.1) is 32.9 Å². The lowest BCUT2D eigenvalue weighted by Gasteiger charge is -2.29. The molecule has 0 saturated heterocycles. The van der Waals surface area contributed by atoms with Gasteiger partial charge < -0.3 is 9.80 Å². The molecule has 112 valence electrons. The van der Waals surface area contributed by atoms with Crippen LogP contribution in [0.3, 0.4) is 0 Å². The monoisotopic (exact) mass is 291 g/mol. The molecule has 0 aromatic rings. The highest BCUT2D eigenvalue weighted by Crippen LogP contribution is 2.02. The maximum absolute atomic E-state index is 11.3. The first kappa shape index (κ1) is 18.1. The van der Waals surface area contributed by atoms with Crippen molar-refractivity contribution >= 4 is 15.7 Å². The van der Waals surface area contributed by atoms with Crippen LogP contribution in [0.2, 0.25) is 0 Å². The van der Waals surface area contributed by atoms with Crippen molar-refractivity contribution in [3.63, 3.8) is 0 Å². The highest BCUT2D eigenvalue weighted by atomic mass is 32.2. The second kappa shape index (κ2) is 7.65. The first-order chi connectivity index (χ1) is 8.53. The predicted octanol–water partition coefficient (Wildman–Crippen LogP) is 0.580. The Hall–Kier alpha value is -0.880. The fraction of sp³-hybridized carbons (Fsp3) is 0.769. The lowest BCUT2D eigenvalue weighted by atomic mass is 10.3. The Morgan fingerprint density at radius 2 is 1.74 bits per heavy atom. The summed E-state index contributed by atoms with van der Waals surface area (Å²) in [6, 6.07) is 0. The van der Waals surface area contributed by atoms with E-state index < -0.39 is 9.84 Å². The van der Waals surface area contributed by atoms with Crippen molar-refractivity contribution in [3.05, 3.63) is 12.2 Å². The molecule has 5 nitrogen and oxygen atoms in total. The van der Waals surface area contributed by atoms with Crippen molar-refractivity contribution in [2.75, 3.05) is 45.7 Å². The molecule has 1 amide bonds. The van der Waals surface area contributed by atoms with Crippen molar-refractivity contribution < 1.29 is 17.7 Å². The molecule has 6 heteroatoms. The molecule has 0 aliphatic carbocycles. The number of carbonyl (C=O) groups excluding carboxylic acids is 1. The smallest absolute Gasteiger partial charge is 0.246 e. The summed E-state index contributed by atoms with van der Waals surface area (Å²) in [7, 11) is 1.28. The van der Waals surface area contributed by atoms with Crippen molar-refractivity contribution in [1.82, 2.24) is 5.32 Å². The Morgan fingerprint density at radius 3 is 2.21 bits per heavy atom. The number of nitrogens with zero attached hydrogens (tertiary/aromatic N) is 1. The highest BCUT2D eigenvalue weighted by Gasteiger charge is 2.15. The fourth-order valence-corrected chi connectivity index (χ4v) is 2.38. The lowest BCUT2D eigenvalue weighted by Crippen LogP contribution is -2.43. The molecule has 0 unspecified atom stereocenters. The molecule has 0 fully saturated rings. The second-order valence-corrected chi connectivity index (χ2v) is 8.02. The largest absolute Gasteiger partial charge is 0.352 e. The van der Waals surface area contributed by atoms with Crippen LogP contribution in [0.25, 0.3) is 0 Å². The minimum atomic E-state index is -2.87. The molecule has 0 bridgehead atoms. The number of sulfone groups is 1. The minimum absolute atomic E-state index is 0.109. The van der Waals surface area contributed by atoms with E-state index in [0.717, 1.165) is 24.0 Å².